The van der Waals surface area contributed by atoms with Gasteiger partial charge in [-0.15, -0.1) is 0 Å². The van der Waals surface area contributed by atoms with Gasteiger partial charge in [0.05, 0.1) is 6.04 Å². The van der Waals surface area contributed by atoms with E-state index >= 15 is 0 Å². The largest absolute Gasteiger partial charge is 0.348 e. The molecule has 1 N–H and O–H groups in total. The molecular weight excluding hydrogens is 414 g/mol. The van der Waals surface area contributed by atoms with Crippen LogP contribution in [0.25, 0.3) is 33.2 Å². The van der Waals surface area contributed by atoms with Crippen molar-refractivity contribution >= 4 is 22.7 Å². The van der Waals surface area contributed by atoms with Gasteiger partial charge in [0.15, 0.2) is 0 Å². The lowest BCUT2D eigenvalue weighted by atomic mass is 10.0. The van der Waals surface area contributed by atoms with Crippen molar-refractivity contribution in [3.63, 3.8) is 0 Å². The minimum atomic E-state index is -0.109. The highest BCUT2D eigenvalue weighted by atomic mass is 16.2. The van der Waals surface area contributed by atoms with E-state index in [-0.39, 0.29) is 24.4 Å². The molecule has 7 nitrogen and oxygen atoms in total. The van der Waals surface area contributed by atoms with Crippen LogP contribution < -0.4 is 5.32 Å². The maximum absolute atomic E-state index is 12.8. The molecule has 0 radical (unpaired) electrons. The average Bonchev–Trinajstić information content (AvgIpc) is 3.19. The van der Waals surface area contributed by atoms with Crippen LogP contribution in [0.4, 0.5) is 0 Å². The fourth-order valence-corrected chi connectivity index (χ4v) is 4.20. The van der Waals surface area contributed by atoms with Crippen LogP contribution in [-0.2, 0) is 16.1 Å². The summed E-state index contributed by atoms with van der Waals surface area (Å²) < 4.78 is 1.96. The Morgan fingerprint density at radius 2 is 1.76 bits per heavy atom. The van der Waals surface area contributed by atoms with E-state index in [1.165, 1.54) is 6.08 Å². The minimum absolute atomic E-state index is 0.0294. The molecule has 0 spiro atoms. The highest BCUT2D eigenvalue weighted by molar-refractivity contribution is 5.99. The maximum atomic E-state index is 12.8. The third kappa shape index (κ3) is 4.13. The molecule has 1 aliphatic rings. The van der Waals surface area contributed by atoms with Crippen LogP contribution >= 0.6 is 0 Å². The molecule has 3 aromatic heterocycles. The Hall–Kier alpha value is -4.26. The smallest absolute Gasteiger partial charge is 0.246 e. The van der Waals surface area contributed by atoms with Crippen molar-refractivity contribution in [3.05, 3.63) is 86.1 Å². The molecule has 0 bridgehead atoms. The summed E-state index contributed by atoms with van der Waals surface area (Å²) in [6.07, 6.45) is 10.5. The number of likely N-dealkylation sites (tertiary alicyclic amines) is 1. The van der Waals surface area contributed by atoms with Crippen molar-refractivity contribution in [1.82, 2.24) is 24.8 Å². The number of amides is 2. The number of aromatic nitrogens is 3. The quantitative estimate of drug-likeness (QED) is 0.470. The SMILES string of the molecule is C=CC(=O)N1CC(NC(=O)Cn2cc(-c3cccnc3)c3cc(-c4cccnc4)ccc32)C1. The number of fused-ring (bicyclic) bond motifs is 1. The van der Waals surface area contributed by atoms with Crippen LogP contribution in [-0.4, -0.2) is 50.4 Å². The zero-order valence-corrected chi connectivity index (χ0v) is 18.0. The van der Waals surface area contributed by atoms with Gasteiger partial charge in [0.1, 0.15) is 6.54 Å². The van der Waals surface area contributed by atoms with Crippen molar-refractivity contribution in [3.8, 4) is 22.3 Å². The summed E-state index contributed by atoms with van der Waals surface area (Å²) >= 11 is 0. The predicted octanol–water partition coefficient (Wildman–Crippen LogP) is 3.28. The molecule has 1 aromatic carbocycles. The van der Waals surface area contributed by atoms with Gasteiger partial charge in [-0.3, -0.25) is 19.6 Å². The first kappa shape index (κ1) is 20.6. The molecule has 0 saturated carbocycles. The van der Waals surface area contributed by atoms with Crippen LogP contribution in [0.2, 0.25) is 0 Å². The molecule has 0 unspecified atom stereocenters. The predicted molar refractivity (Wildman–Crippen MR) is 127 cm³/mol. The normalized spacial score (nSPS) is 13.5. The van der Waals surface area contributed by atoms with E-state index in [0.717, 1.165) is 33.2 Å². The Morgan fingerprint density at radius 1 is 1.03 bits per heavy atom. The number of hydrogen-bond donors (Lipinski definition) is 1. The molecule has 0 atom stereocenters. The van der Waals surface area contributed by atoms with Gasteiger partial charge in [0.2, 0.25) is 11.8 Å². The van der Waals surface area contributed by atoms with E-state index in [9.17, 15) is 9.59 Å². The van der Waals surface area contributed by atoms with E-state index < -0.39 is 0 Å². The van der Waals surface area contributed by atoms with Gasteiger partial charge in [0.25, 0.3) is 0 Å². The third-order valence-electron chi connectivity index (χ3n) is 5.90. The Labute approximate surface area is 191 Å². The highest BCUT2D eigenvalue weighted by Crippen LogP contribution is 2.33. The molecule has 1 aliphatic heterocycles. The van der Waals surface area contributed by atoms with Crippen LogP contribution in [0, 0.1) is 0 Å². The fraction of sp³-hybridized carbons (Fsp3) is 0.154. The number of nitrogens with one attached hydrogen (secondary N) is 1. The highest BCUT2D eigenvalue weighted by Gasteiger charge is 2.30. The maximum Gasteiger partial charge on any atom is 0.246 e. The van der Waals surface area contributed by atoms with Crippen LogP contribution in [0.3, 0.4) is 0 Å². The molecule has 33 heavy (non-hydrogen) atoms. The molecule has 0 aliphatic carbocycles. The Morgan fingerprint density at radius 3 is 2.42 bits per heavy atom. The van der Waals surface area contributed by atoms with Crippen molar-refractivity contribution in [1.29, 1.82) is 0 Å². The lowest BCUT2D eigenvalue weighted by molar-refractivity contribution is -0.133. The summed E-state index contributed by atoms with van der Waals surface area (Å²) in [6.45, 7) is 4.71. The van der Waals surface area contributed by atoms with E-state index in [2.05, 4.69) is 27.9 Å². The molecule has 7 heteroatoms. The van der Waals surface area contributed by atoms with Crippen LogP contribution in [0.5, 0.6) is 0 Å². The van der Waals surface area contributed by atoms with Gasteiger partial charge < -0.3 is 14.8 Å². The summed E-state index contributed by atoms with van der Waals surface area (Å²) in [5.41, 5.74) is 5.06. The first-order chi connectivity index (χ1) is 16.1. The van der Waals surface area contributed by atoms with Crippen molar-refractivity contribution in [2.24, 2.45) is 0 Å². The van der Waals surface area contributed by atoms with E-state index in [4.69, 9.17) is 0 Å². The lowest BCUT2D eigenvalue weighted by Gasteiger charge is -2.38. The summed E-state index contributed by atoms with van der Waals surface area (Å²) in [4.78, 5) is 34.5. The first-order valence-corrected chi connectivity index (χ1v) is 10.8. The van der Waals surface area contributed by atoms with Gasteiger partial charge in [0, 0.05) is 71.7 Å². The third-order valence-corrected chi connectivity index (χ3v) is 5.90. The number of carbonyl (C=O) groups excluding carboxylic acids is 2. The summed E-state index contributed by atoms with van der Waals surface area (Å²) in [7, 11) is 0. The molecule has 164 valence electrons. The molecule has 4 aromatic rings. The lowest BCUT2D eigenvalue weighted by Crippen LogP contribution is -2.61. The number of benzene rings is 1. The van der Waals surface area contributed by atoms with Crippen LogP contribution in [0.15, 0.2) is 86.1 Å². The first-order valence-electron chi connectivity index (χ1n) is 10.8. The number of carbonyl (C=O) groups is 2. The Kier molecular flexibility index (Phi) is 5.44. The standard InChI is InChI=1S/C26H23N5O2/c1-2-26(33)31-14-21(15-31)29-25(32)17-30-16-23(20-6-4-10-28-13-20)22-11-18(7-8-24(22)30)19-5-3-9-27-12-19/h2-13,16,21H,1,14-15,17H2,(H,29,32). The summed E-state index contributed by atoms with van der Waals surface area (Å²) in [5.74, 6) is -0.195. The zero-order valence-electron chi connectivity index (χ0n) is 18.0. The number of nitrogens with zero attached hydrogens (tertiary/aromatic N) is 4. The number of rotatable bonds is 6. The van der Waals surface area contributed by atoms with E-state index in [1.54, 1.807) is 17.3 Å². The summed E-state index contributed by atoms with van der Waals surface area (Å²) in [5, 5.41) is 4.06. The van der Waals surface area contributed by atoms with Gasteiger partial charge in [-0.2, -0.15) is 0 Å². The van der Waals surface area contributed by atoms with Gasteiger partial charge >= 0.3 is 0 Å². The zero-order chi connectivity index (χ0) is 22.8. The molecule has 1 saturated heterocycles. The Bertz CT molecular complexity index is 1330. The average molecular weight is 438 g/mol. The minimum Gasteiger partial charge on any atom is -0.348 e. The Balaban J connectivity index is 1.43. The van der Waals surface area contributed by atoms with Gasteiger partial charge in [-0.1, -0.05) is 24.8 Å². The van der Waals surface area contributed by atoms with Crippen molar-refractivity contribution in [2.75, 3.05) is 13.1 Å². The number of hydrogen-bond acceptors (Lipinski definition) is 4. The number of pyridine rings is 2. The second kappa shape index (κ2) is 8.70. The molecule has 2 amide bonds. The molecule has 1 fully saturated rings. The molecule has 5 rings (SSSR count). The second-order valence-corrected chi connectivity index (χ2v) is 8.10. The van der Waals surface area contributed by atoms with Crippen LogP contribution in [0.1, 0.15) is 0 Å². The van der Waals surface area contributed by atoms with Gasteiger partial charge in [-0.05, 0) is 35.9 Å². The summed E-state index contributed by atoms with van der Waals surface area (Å²) in [6, 6.07) is 14.1. The fourth-order valence-electron chi connectivity index (χ4n) is 4.20. The van der Waals surface area contributed by atoms with E-state index in [0.29, 0.717) is 13.1 Å². The van der Waals surface area contributed by atoms with Crippen molar-refractivity contribution < 1.29 is 9.59 Å². The molecule has 4 heterocycles. The van der Waals surface area contributed by atoms with Gasteiger partial charge in [-0.25, -0.2) is 0 Å². The molecular formula is C26H23N5O2. The van der Waals surface area contributed by atoms with Crippen molar-refractivity contribution in [2.45, 2.75) is 12.6 Å². The monoisotopic (exact) mass is 437 g/mol. The van der Waals surface area contributed by atoms with E-state index in [1.807, 2.05) is 59.6 Å². The topological polar surface area (TPSA) is 80.1 Å². The second-order valence-electron chi connectivity index (χ2n) is 8.10.